The van der Waals surface area contributed by atoms with Crippen LogP contribution in [0.25, 0.3) is 0 Å². The quantitative estimate of drug-likeness (QED) is 0.798. The molecule has 1 aliphatic rings. The zero-order valence-electron chi connectivity index (χ0n) is 13.9. The number of amides is 1. The monoisotopic (exact) mass is 375 g/mol. The van der Waals surface area contributed by atoms with Crippen molar-refractivity contribution in [3.8, 4) is 0 Å². The standard InChI is InChI=1S/C16H25N3O3S.ClH/c1-2-7-15(17)16(20)18-13-8-6-9-14(12-13)23(21,22)19-10-4-3-5-11-19;/h6,8-9,12,15H,2-5,7,10-11,17H2,1H3,(H,18,20);1H. The van der Waals surface area contributed by atoms with Crippen molar-refractivity contribution in [2.75, 3.05) is 18.4 Å². The Hall–Kier alpha value is -1.15. The minimum Gasteiger partial charge on any atom is -0.325 e. The summed E-state index contributed by atoms with van der Waals surface area (Å²) in [5, 5.41) is 2.70. The maximum Gasteiger partial charge on any atom is 0.243 e. The Bertz CT molecular complexity index is 646. The average Bonchev–Trinajstić information content (AvgIpc) is 2.56. The molecule has 1 aromatic rings. The Morgan fingerprint density at radius 3 is 2.58 bits per heavy atom. The second-order valence-electron chi connectivity index (χ2n) is 5.88. The van der Waals surface area contributed by atoms with E-state index in [1.807, 2.05) is 6.92 Å². The highest BCUT2D eigenvalue weighted by Gasteiger charge is 2.26. The van der Waals surface area contributed by atoms with E-state index in [1.165, 1.54) is 10.4 Å². The van der Waals surface area contributed by atoms with Gasteiger partial charge in [0.15, 0.2) is 0 Å². The first kappa shape index (κ1) is 20.9. The molecule has 1 heterocycles. The van der Waals surface area contributed by atoms with Gasteiger partial charge < -0.3 is 11.1 Å². The Balaban J connectivity index is 0.00000288. The minimum atomic E-state index is -3.50. The summed E-state index contributed by atoms with van der Waals surface area (Å²) in [7, 11) is -3.50. The molecule has 2 rings (SSSR count). The first-order valence-corrected chi connectivity index (χ1v) is 9.56. The van der Waals surface area contributed by atoms with Gasteiger partial charge in [0.05, 0.1) is 10.9 Å². The number of halogens is 1. The third-order valence-corrected chi connectivity index (χ3v) is 5.89. The van der Waals surface area contributed by atoms with E-state index in [-0.39, 0.29) is 23.2 Å². The molecular weight excluding hydrogens is 350 g/mol. The average molecular weight is 376 g/mol. The van der Waals surface area contributed by atoms with Gasteiger partial charge >= 0.3 is 0 Å². The predicted octanol–water partition coefficient (Wildman–Crippen LogP) is 2.35. The molecule has 1 saturated heterocycles. The van der Waals surface area contributed by atoms with Crippen molar-refractivity contribution in [1.82, 2.24) is 4.31 Å². The van der Waals surface area contributed by atoms with Crippen LogP contribution in [-0.4, -0.2) is 37.8 Å². The third kappa shape index (κ3) is 5.17. The van der Waals surface area contributed by atoms with Gasteiger partial charge in [-0.25, -0.2) is 8.42 Å². The Kier molecular flexibility index (Phi) is 8.15. The van der Waals surface area contributed by atoms with Crippen LogP contribution in [0.5, 0.6) is 0 Å². The highest BCUT2D eigenvalue weighted by Crippen LogP contribution is 2.23. The number of nitrogens with two attached hydrogens (primary N) is 1. The lowest BCUT2D eigenvalue weighted by Gasteiger charge is -2.26. The van der Waals surface area contributed by atoms with E-state index in [1.54, 1.807) is 18.2 Å². The first-order valence-electron chi connectivity index (χ1n) is 8.12. The highest BCUT2D eigenvalue weighted by atomic mass is 35.5. The van der Waals surface area contributed by atoms with Crippen LogP contribution in [0.4, 0.5) is 5.69 Å². The number of nitrogens with one attached hydrogen (secondary N) is 1. The maximum absolute atomic E-state index is 12.7. The molecular formula is C16H26ClN3O3S. The Morgan fingerprint density at radius 1 is 1.29 bits per heavy atom. The van der Waals surface area contributed by atoms with E-state index in [4.69, 9.17) is 5.73 Å². The number of carbonyl (C=O) groups excluding carboxylic acids is 1. The number of sulfonamides is 1. The number of hydrogen-bond donors (Lipinski definition) is 2. The molecule has 0 bridgehead atoms. The SMILES string of the molecule is CCCC(N)C(=O)Nc1cccc(S(=O)(=O)N2CCCCC2)c1.Cl. The summed E-state index contributed by atoms with van der Waals surface area (Å²) in [6, 6.07) is 5.79. The van der Waals surface area contributed by atoms with Crippen molar-refractivity contribution in [3.63, 3.8) is 0 Å². The fourth-order valence-electron chi connectivity index (χ4n) is 2.67. The molecule has 0 aliphatic carbocycles. The van der Waals surface area contributed by atoms with Gasteiger partial charge in [-0.15, -0.1) is 12.4 Å². The van der Waals surface area contributed by atoms with Gasteiger partial charge in [-0.1, -0.05) is 25.8 Å². The largest absolute Gasteiger partial charge is 0.325 e. The topological polar surface area (TPSA) is 92.5 Å². The normalized spacial score (nSPS) is 16.9. The van der Waals surface area contributed by atoms with Gasteiger partial charge in [-0.05, 0) is 37.5 Å². The third-order valence-electron chi connectivity index (χ3n) is 3.99. The van der Waals surface area contributed by atoms with E-state index in [0.717, 1.165) is 25.7 Å². The van der Waals surface area contributed by atoms with Crippen molar-refractivity contribution >= 4 is 34.0 Å². The van der Waals surface area contributed by atoms with Gasteiger partial charge in [-0.3, -0.25) is 4.79 Å². The van der Waals surface area contributed by atoms with Crippen LogP contribution in [0.2, 0.25) is 0 Å². The number of anilines is 1. The number of rotatable bonds is 6. The second-order valence-corrected chi connectivity index (χ2v) is 7.81. The molecule has 0 spiro atoms. The number of hydrogen-bond acceptors (Lipinski definition) is 4. The molecule has 3 N–H and O–H groups in total. The summed E-state index contributed by atoms with van der Waals surface area (Å²) in [5.41, 5.74) is 6.24. The van der Waals surface area contributed by atoms with Gasteiger partial charge in [0.25, 0.3) is 0 Å². The van der Waals surface area contributed by atoms with Crippen molar-refractivity contribution in [3.05, 3.63) is 24.3 Å². The van der Waals surface area contributed by atoms with Crippen LogP contribution in [-0.2, 0) is 14.8 Å². The Morgan fingerprint density at radius 2 is 1.96 bits per heavy atom. The summed E-state index contributed by atoms with van der Waals surface area (Å²) in [5.74, 6) is -0.292. The lowest BCUT2D eigenvalue weighted by molar-refractivity contribution is -0.117. The minimum absolute atomic E-state index is 0. The summed E-state index contributed by atoms with van der Waals surface area (Å²) in [6.45, 7) is 3.07. The molecule has 0 aromatic heterocycles. The fourth-order valence-corrected chi connectivity index (χ4v) is 4.23. The second kappa shape index (κ2) is 9.36. The van der Waals surface area contributed by atoms with Crippen molar-refractivity contribution in [1.29, 1.82) is 0 Å². The maximum atomic E-state index is 12.7. The fraction of sp³-hybridized carbons (Fsp3) is 0.562. The molecule has 136 valence electrons. The molecule has 1 aliphatic heterocycles. The molecule has 24 heavy (non-hydrogen) atoms. The highest BCUT2D eigenvalue weighted by molar-refractivity contribution is 7.89. The van der Waals surface area contributed by atoms with Crippen molar-refractivity contribution in [2.45, 2.75) is 50.0 Å². The summed E-state index contributed by atoms with van der Waals surface area (Å²) < 4.78 is 26.8. The number of carbonyl (C=O) groups is 1. The molecule has 1 fully saturated rings. The molecule has 8 heteroatoms. The number of benzene rings is 1. The summed E-state index contributed by atoms with van der Waals surface area (Å²) in [6.07, 6.45) is 4.26. The van der Waals surface area contributed by atoms with Crippen LogP contribution in [0.15, 0.2) is 29.2 Å². The van der Waals surface area contributed by atoms with Crippen LogP contribution in [0.1, 0.15) is 39.0 Å². The van der Waals surface area contributed by atoms with Gasteiger partial charge in [-0.2, -0.15) is 4.31 Å². The zero-order chi connectivity index (χ0) is 16.9. The number of piperidine rings is 1. The van der Waals surface area contributed by atoms with Crippen molar-refractivity contribution in [2.24, 2.45) is 5.73 Å². The molecule has 0 saturated carbocycles. The smallest absolute Gasteiger partial charge is 0.243 e. The number of nitrogens with zero attached hydrogens (tertiary/aromatic N) is 1. The Labute approximate surface area is 150 Å². The first-order chi connectivity index (χ1) is 10.9. The zero-order valence-corrected chi connectivity index (χ0v) is 15.5. The van der Waals surface area contributed by atoms with Crippen LogP contribution >= 0.6 is 12.4 Å². The van der Waals surface area contributed by atoms with E-state index in [2.05, 4.69) is 5.32 Å². The van der Waals surface area contributed by atoms with E-state index < -0.39 is 16.1 Å². The lowest BCUT2D eigenvalue weighted by atomic mass is 10.1. The molecule has 1 amide bonds. The van der Waals surface area contributed by atoms with Crippen LogP contribution in [0.3, 0.4) is 0 Å². The molecule has 6 nitrogen and oxygen atoms in total. The molecule has 0 radical (unpaired) electrons. The van der Waals surface area contributed by atoms with E-state index in [0.29, 0.717) is 25.2 Å². The summed E-state index contributed by atoms with van der Waals surface area (Å²) in [4.78, 5) is 12.2. The van der Waals surface area contributed by atoms with Crippen LogP contribution in [0, 0.1) is 0 Å². The van der Waals surface area contributed by atoms with Crippen LogP contribution < -0.4 is 11.1 Å². The lowest BCUT2D eigenvalue weighted by Crippen LogP contribution is -2.36. The predicted molar refractivity (Wildman–Crippen MR) is 97.8 cm³/mol. The van der Waals surface area contributed by atoms with E-state index >= 15 is 0 Å². The van der Waals surface area contributed by atoms with Gasteiger partial charge in [0, 0.05) is 18.8 Å². The molecule has 1 atom stereocenters. The van der Waals surface area contributed by atoms with Gasteiger partial charge in [0.2, 0.25) is 15.9 Å². The van der Waals surface area contributed by atoms with E-state index in [9.17, 15) is 13.2 Å². The van der Waals surface area contributed by atoms with Crippen molar-refractivity contribution < 1.29 is 13.2 Å². The molecule has 1 aromatic carbocycles. The molecule has 1 unspecified atom stereocenters. The summed E-state index contributed by atoms with van der Waals surface area (Å²) >= 11 is 0. The van der Waals surface area contributed by atoms with Gasteiger partial charge in [0.1, 0.15) is 0 Å².